The SMILES string of the molecule is Cc1cc(-c2ccnc(Nc3cnn(C[C@H](N)CO)c3)n2)ccc1CCC(=O)c1cnc(C(C)(C)C)s1. The van der Waals surface area contributed by atoms with Crippen molar-refractivity contribution in [2.75, 3.05) is 11.9 Å². The first-order valence-electron chi connectivity index (χ1n) is 12.2. The standard InChI is InChI=1S/C27H33N7O2S/c1-17-11-19(6-5-18(17)7-8-23(36)24-13-30-25(37-24)27(2,3)4)22-9-10-29-26(33-22)32-21-12-31-34(15-21)14-20(28)16-35/h5-6,9-13,15,20,35H,7-8,14,16,28H2,1-4H3,(H,29,32,33)/t20-/m0/s1. The highest BCUT2D eigenvalue weighted by atomic mass is 32.1. The molecule has 0 bridgehead atoms. The van der Waals surface area contributed by atoms with Crippen molar-refractivity contribution in [2.24, 2.45) is 5.73 Å². The van der Waals surface area contributed by atoms with Gasteiger partial charge >= 0.3 is 0 Å². The minimum absolute atomic E-state index is 0.0532. The van der Waals surface area contributed by atoms with Crippen LogP contribution < -0.4 is 11.1 Å². The van der Waals surface area contributed by atoms with Gasteiger partial charge in [-0.15, -0.1) is 11.3 Å². The van der Waals surface area contributed by atoms with E-state index in [0.29, 0.717) is 25.3 Å². The molecule has 0 unspecified atom stereocenters. The Morgan fingerprint density at radius 3 is 2.73 bits per heavy atom. The van der Waals surface area contributed by atoms with Crippen LogP contribution in [0.3, 0.4) is 0 Å². The summed E-state index contributed by atoms with van der Waals surface area (Å²) in [4.78, 5) is 26.9. The summed E-state index contributed by atoms with van der Waals surface area (Å²) in [5, 5.41) is 17.5. The van der Waals surface area contributed by atoms with Crippen molar-refractivity contribution in [1.29, 1.82) is 0 Å². The fourth-order valence-electron chi connectivity index (χ4n) is 3.79. The summed E-state index contributed by atoms with van der Waals surface area (Å²) in [5.41, 5.74) is 10.5. The number of carbonyl (C=O) groups excluding carboxylic acids is 1. The third-order valence-corrected chi connectivity index (χ3v) is 7.35. The van der Waals surface area contributed by atoms with E-state index in [-0.39, 0.29) is 23.8 Å². The zero-order chi connectivity index (χ0) is 26.6. The Kier molecular flexibility index (Phi) is 8.11. The van der Waals surface area contributed by atoms with Crippen LogP contribution in [0.2, 0.25) is 0 Å². The largest absolute Gasteiger partial charge is 0.395 e. The maximum absolute atomic E-state index is 12.7. The van der Waals surface area contributed by atoms with E-state index in [4.69, 9.17) is 10.8 Å². The summed E-state index contributed by atoms with van der Waals surface area (Å²) in [7, 11) is 0. The molecule has 194 valence electrons. The summed E-state index contributed by atoms with van der Waals surface area (Å²) < 4.78 is 1.67. The number of anilines is 2. The van der Waals surface area contributed by atoms with Crippen molar-refractivity contribution in [3.63, 3.8) is 0 Å². The van der Waals surface area contributed by atoms with E-state index in [1.54, 1.807) is 29.5 Å². The van der Waals surface area contributed by atoms with Gasteiger partial charge in [0.1, 0.15) is 0 Å². The number of carbonyl (C=O) groups is 1. The zero-order valence-electron chi connectivity index (χ0n) is 21.6. The number of thiazole rings is 1. The van der Waals surface area contributed by atoms with Crippen LogP contribution in [0.5, 0.6) is 0 Å². The predicted octanol–water partition coefficient (Wildman–Crippen LogP) is 4.28. The van der Waals surface area contributed by atoms with Gasteiger partial charge in [-0.25, -0.2) is 15.0 Å². The Morgan fingerprint density at radius 2 is 2.03 bits per heavy atom. The van der Waals surface area contributed by atoms with Gasteiger partial charge in [-0.1, -0.05) is 32.9 Å². The van der Waals surface area contributed by atoms with Gasteiger partial charge in [-0.3, -0.25) is 9.48 Å². The van der Waals surface area contributed by atoms with Crippen LogP contribution in [0.15, 0.2) is 49.1 Å². The maximum Gasteiger partial charge on any atom is 0.227 e. The first-order valence-corrected chi connectivity index (χ1v) is 13.0. The number of hydrogen-bond acceptors (Lipinski definition) is 9. The zero-order valence-corrected chi connectivity index (χ0v) is 22.4. The number of ketones is 1. The number of aryl methyl sites for hydroxylation is 2. The van der Waals surface area contributed by atoms with Gasteiger partial charge in [0.25, 0.3) is 0 Å². The van der Waals surface area contributed by atoms with Gasteiger partial charge in [0.15, 0.2) is 5.78 Å². The average molecular weight is 520 g/mol. The van der Waals surface area contributed by atoms with E-state index in [2.05, 4.69) is 65.2 Å². The van der Waals surface area contributed by atoms with Crippen LogP contribution >= 0.6 is 11.3 Å². The molecule has 0 aliphatic carbocycles. The van der Waals surface area contributed by atoms with E-state index in [1.165, 1.54) is 11.3 Å². The Bertz CT molecular complexity index is 1370. The first kappa shape index (κ1) is 26.6. The average Bonchev–Trinajstić information content (AvgIpc) is 3.53. The van der Waals surface area contributed by atoms with Crippen LogP contribution in [0.25, 0.3) is 11.3 Å². The van der Waals surface area contributed by atoms with Crippen molar-refractivity contribution in [2.45, 2.75) is 58.5 Å². The van der Waals surface area contributed by atoms with E-state index in [0.717, 1.165) is 38.0 Å². The number of aromatic nitrogens is 5. The highest BCUT2D eigenvalue weighted by Gasteiger charge is 2.20. The third kappa shape index (κ3) is 6.85. The fraction of sp³-hybridized carbons (Fsp3) is 0.370. The van der Waals surface area contributed by atoms with Gasteiger partial charge in [0.05, 0.1) is 40.6 Å². The number of hydrogen-bond donors (Lipinski definition) is 3. The summed E-state index contributed by atoms with van der Waals surface area (Å²) in [6, 6.07) is 7.67. The molecule has 0 radical (unpaired) electrons. The van der Waals surface area contributed by atoms with Crippen LogP contribution in [0.1, 0.15) is 53.0 Å². The molecule has 4 N–H and O–H groups in total. The van der Waals surface area contributed by atoms with Crippen LogP contribution in [0.4, 0.5) is 11.6 Å². The van der Waals surface area contributed by atoms with Crippen molar-refractivity contribution in [1.82, 2.24) is 24.7 Å². The molecule has 10 heteroatoms. The summed E-state index contributed by atoms with van der Waals surface area (Å²) in [6.07, 6.45) is 8.00. The molecule has 1 atom stereocenters. The second-order valence-corrected chi connectivity index (χ2v) is 11.2. The number of nitrogens with zero attached hydrogens (tertiary/aromatic N) is 5. The monoisotopic (exact) mass is 519 g/mol. The van der Waals surface area contributed by atoms with Gasteiger partial charge in [-0.2, -0.15) is 5.10 Å². The fourth-order valence-corrected chi connectivity index (χ4v) is 4.73. The minimum atomic E-state index is -0.370. The topological polar surface area (TPSA) is 132 Å². The molecule has 3 aromatic heterocycles. The quantitative estimate of drug-likeness (QED) is 0.265. The van der Waals surface area contributed by atoms with Crippen molar-refractivity contribution >= 4 is 28.8 Å². The number of aliphatic hydroxyl groups is 1. The molecule has 9 nitrogen and oxygen atoms in total. The lowest BCUT2D eigenvalue weighted by atomic mass is 9.98. The number of nitrogens with one attached hydrogen (secondary N) is 1. The Balaban J connectivity index is 1.40. The summed E-state index contributed by atoms with van der Waals surface area (Å²) in [5.74, 6) is 0.583. The Labute approximate surface area is 220 Å². The molecule has 0 aliphatic rings. The number of aliphatic hydroxyl groups excluding tert-OH is 1. The molecule has 0 fully saturated rings. The second-order valence-electron chi connectivity index (χ2n) is 10.1. The molecule has 4 aromatic rings. The van der Waals surface area contributed by atoms with Gasteiger partial charge in [0, 0.05) is 42.0 Å². The smallest absolute Gasteiger partial charge is 0.227 e. The molecule has 1 aromatic carbocycles. The van der Waals surface area contributed by atoms with Crippen LogP contribution in [-0.2, 0) is 18.4 Å². The van der Waals surface area contributed by atoms with Crippen molar-refractivity contribution in [3.05, 3.63) is 70.1 Å². The van der Waals surface area contributed by atoms with Crippen LogP contribution in [-0.4, -0.2) is 48.3 Å². The molecule has 0 aliphatic heterocycles. The molecule has 37 heavy (non-hydrogen) atoms. The number of benzene rings is 1. The van der Waals surface area contributed by atoms with E-state index < -0.39 is 0 Å². The molecule has 0 saturated carbocycles. The van der Waals surface area contributed by atoms with Gasteiger partial charge in [0.2, 0.25) is 5.95 Å². The number of nitrogens with two attached hydrogens (primary N) is 1. The second kappa shape index (κ2) is 11.3. The highest BCUT2D eigenvalue weighted by Crippen LogP contribution is 2.28. The maximum atomic E-state index is 12.7. The normalized spacial score (nSPS) is 12.5. The first-order chi connectivity index (χ1) is 17.6. The van der Waals surface area contributed by atoms with Gasteiger partial charge in [-0.05, 0) is 36.6 Å². The minimum Gasteiger partial charge on any atom is -0.395 e. The molecule has 4 rings (SSSR count). The van der Waals surface area contributed by atoms with E-state index in [1.807, 2.05) is 12.1 Å². The Hall–Kier alpha value is -3.47. The van der Waals surface area contributed by atoms with Crippen molar-refractivity contribution in [3.8, 4) is 11.3 Å². The highest BCUT2D eigenvalue weighted by molar-refractivity contribution is 7.13. The Morgan fingerprint density at radius 1 is 1.22 bits per heavy atom. The molecule has 3 heterocycles. The number of Topliss-reactive ketones (excluding diaryl/α,β-unsaturated/α-hetero) is 1. The van der Waals surface area contributed by atoms with E-state index in [9.17, 15) is 4.79 Å². The molecular formula is C27H33N7O2S. The lowest BCUT2D eigenvalue weighted by Gasteiger charge is -2.13. The van der Waals surface area contributed by atoms with Crippen LogP contribution in [0, 0.1) is 6.92 Å². The third-order valence-electron chi connectivity index (χ3n) is 5.88. The van der Waals surface area contributed by atoms with Gasteiger partial charge < -0.3 is 16.2 Å². The molecule has 0 spiro atoms. The summed E-state index contributed by atoms with van der Waals surface area (Å²) >= 11 is 1.49. The van der Waals surface area contributed by atoms with Crippen molar-refractivity contribution < 1.29 is 9.90 Å². The predicted molar refractivity (Wildman–Crippen MR) is 146 cm³/mol. The molecule has 0 amide bonds. The van der Waals surface area contributed by atoms with E-state index >= 15 is 0 Å². The molecule has 0 saturated heterocycles. The number of rotatable bonds is 10. The summed E-state index contributed by atoms with van der Waals surface area (Å²) in [6.45, 7) is 8.68. The lowest BCUT2D eigenvalue weighted by Crippen LogP contribution is -2.29. The molecular weight excluding hydrogens is 486 g/mol. The lowest BCUT2D eigenvalue weighted by molar-refractivity contribution is 0.0986.